The van der Waals surface area contributed by atoms with E-state index < -0.39 is 9.84 Å². The van der Waals surface area contributed by atoms with Crippen LogP contribution in [-0.4, -0.2) is 29.4 Å². The van der Waals surface area contributed by atoms with Gasteiger partial charge in [0.15, 0.2) is 9.84 Å². The van der Waals surface area contributed by atoms with Gasteiger partial charge in [0, 0.05) is 13.3 Å². The van der Waals surface area contributed by atoms with Crippen molar-refractivity contribution >= 4 is 27.0 Å². The van der Waals surface area contributed by atoms with Gasteiger partial charge < -0.3 is 10.5 Å². The maximum atomic E-state index is 11.6. The van der Waals surface area contributed by atoms with E-state index >= 15 is 0 Å². The van der Waals surface area contributed by atoms with Gasteiger partial charge in [-0.2, -0.15) is 5.10 Å². The molecule has 2 rings (SSSR count). The summed E-state index contributed by atoms with van der Waals surface area (Å²) in [7, 11) is -1.60. The molecule has 8 heteroatoms. The van der Waals surface area contributed by atoms with Crippen LogP contribution in [0.4, 0.5) is 0 Å². The Morgan fingerprint density at radius 2 is 2.10 bits per heavy atom. The second-order valence-electron chi connectivity index (χ2n) is 4.60. The van der Waals surface area contributed by atoms with Crippen LogP contribution < -0.4 is 10.5 Å². The van der Waals surface area contributed by atoms with E-state index in [4.69, 9.17) is 22.7 Å². The number of aromatic nitrogens is 2. The van der Waals surface area contributed by atoms with Gasteiger partial charge in [-0.25, -0.2) is 13.1 Å². The standard InChI is InChI=1S/C13H15N3O3S2/c1-8-11(12(14)20)13(16(2)15-8)19-9-5-4-6-10(7-9)21(3,17)18/h4-7H,1-3H3,(H2,14,20). The van der Waals surface area contributed by atoms with Crippen LogP contribution in [-0.2, 0) is 16.9 Å². The van der Waals surface area contributed by atoms with E-state index in [1.165, 1.54) is 16.8 Å². The normalized spacial score (nSPS) is 11.4. The van der Waals surface area contributed by atoms with E-state index in [0.29, 0.717) is 22.9 Å². The lowest BCUT2D eigenvalue weighted by atomic mass is 10.2. The Bertz CT molecular complexity index is 810. The lowest BCUT2D eigenvalue weighted by Gasteiger charge is -2.09. The Kier molecular flexibility index (Phi) is 4.02. The Hall–Kier alpha value is -1.93. The summed E-state index contributed by atoms with van der Waals surface area (Å²) in [6.45, 7) is 1.77. The third kappa shape index (κ3) is 3.22. The molecule has 0 aliphatic heterocycles. The van der Waals surface area contributed by atoms with Gasteiger partial charge in [0.2, 0.25) is 5.88 Å². The minimum Gasteiger partial charge on any atom is -0.438 e. The summed E-state index contributed by atoms with van der Waals surface area (Å²) >= 11 is 5.00. The van der Waals surface area contributed by atoms with Crippen LogP contribution in [0, 0.1) is 6.92 Å². The molecule has 21 heavy (non-hydrogen) atoms. The first kappa shape index (κ1) is 15.5. The summed E-state index contributed by atoms with van der Waals surface area (Å²) in [5.74, 6) is 0.754. The molecule has 0 fully saturated rings. The van der Waals surface area contributed by atoms with Gasteiger partial charge in [0.1, 0.15) is 10.7 Å². The third-order valence-electron chi connectivity index (χ3n) is 2.86. The number of hydrogen-bond donors (Lipinski definition) is 1. The van der Waals surface area contributed by atoms with Crippen molar-refractivity contribution in [3.63, 3.8) is 0 Å². The van der Waals surface area contributed by atoms with Crippen LogP contribution in [0.5, 0.6) is 11.6 Å². The first-order valence-corrected chi connectivity index (χ1v) is 8.31. The molecule has 0 atom stereocenters. The highest BCUT2D eigenvalue weighted by atomic mass is 32.2. The quantitative estimate of drug-likeness (QED) is 0.858. The van der Waals surface area contributed by atoms with E-state index in [0.717, 1.165) is 6.26 Å². The zero-order valence-corrected chi connectivity index (χ0v) is 13.5. The Balaban J connectivity index is 2.47. The molecule has 112 valence electrons. The molecule has 1 heterocycles. The van der Waals surface area contributed by atoms with Crippen LogP contribution in [0.15, 0.2) is 29.2 Å². The smallest absolute Gasteiger partial charge is 0.228 e. The predicted octanol–water partition coefficient (Wildman–Crippen LogP) is 1.56. The molecule has 0 aliphatic rings. The number of benzene rings is 1. The molecule has 0 radical (unpaired) electrons. The van der Waals surface area contributed by atoms with Crippen molar-refractivity contribution in [1.82, 2.24) is 9.78 Å². The number of thiocarbonyl (C=S) groups is 1. The van der Waals surface area contributed by atoms with E-state index in [2.05, 4.69) is 5.10 Å². The number of sulfone groups is 1. The molecule has 1 aromatic heterocycles. The summed E-state index contributed by atoms with van der Waals surface area (Å²) in [6.07, 6.45) is 1.14. The van der Waals surface area contributed by atoms with Crippen molar-refractivity contribution in [2.45, 2.75) is 11.8 Å². The molecule has 6 nitrogen and oxygen atoms in total. The van der Waals surface area contributed by atoms with Crippen LogP contribution in [0.3, 0.4) is 0 Å². The maximum Gasteiger partial charge on any atom is 0.228 e. The van der Waals surface area contributed by atoms with Crippen LogP contribution in [0.1, 0.15) is 11.3 Å². The fourth-order valence-corrected chi connectivity index (χ4v) is 2.81. The van der Waals surface area contributed by atoms with Crippen molar-refractivity contribution in [3.8, 4) is 11.6 Å². The molecule has 2 N–H and O–H groups in total. The SMILES string of the molecule is Cc1nn(C)c(Oc2cccc(S(C)(=O)=O)c2)c1C(N)=S. The molecular formula is C13H15N3O3S2. The zero-order chi connectivity index (χ0) is 15.8. The molecule has 0 saturated carbocycles. The third-order valence-corrected chi connectivity index (χ3v) is 4.18. The summed E-state index contributed by atoms with van der Waals surface area (Å²) in [5, 5.41) is 4.21. The van der Waals surface area contributed by atoms with Crippen LogP contribution in [0.25, 0.3) is 0 Å². The van der Waals surface area contributed by atoms with E-state index in [-0.39, 0.29) is 9.88 Å². The summed E-state index contributed by atoms with van der Waals surface area (Å²) in [6, 6.07) is 6.21. The van der Waals surface area contributed by atoms with Gasteiger partial charge >= 0.3 is 0 Å². The molecule has 1 aromatic carbocycles. The van der Waals surface area contributed by atoms with Crippen molar-refractivity contribution in [1.29, 1.82) is 0 Å². The first-order valence-electron chi connectivity index (χ1n) is 6.01. The number of rotatable bonds is 4. The lowest BCUT2D eigenvalue weighted by Crippen LogP contribution is -2.11. The zero-order valence-electron chi connectivity index (χ0n) is 11.8. The number of nitrogens with zero attached hydrogens (tertiary/aromatic N) is 2. The average molecular weight is 325 g/mol. The first-order chi connectivity index (χ1) is 9.70. The van der Waals surface area contributed by atoms with E-state index in [1.54, 1.807) is 26.1 Å². The lowest BCUT2D eigenvalue weighted by molar-refractivity contribution is 0.428. The Labute approximate surface area is 128 Å². The molecule has 0 unspecified atom stereocenters. The molecule has 2 aromatic rings. The summed E-state index contributed by atoms with van der Waals surface area (Å²) in [5.41, 5.74) is 6.87. The van der Waals surface area contributed by atoms with Crippen molar-refractivity contribution in [2.24, 2.45) is 12.8 Å². The van der Waals surface area contributed by atoms with E-state index in [9.17, 15) is 8.42 Å². The number of nitrogens with two attached hydrogens (primary N) is 1. The largest absolute Gasteiger partial charge is 0.438 e. The highest BCUT2D eigenvalue weighted by Gasteiger charge is 2.18. The number of ether oxygens (including phenoxy) is 1. The molecule has 0 amide bonds. The van der Waals surface area contributed by atoms with Gasteiger partial charge in [0.05, 0.1) is 16.2 Å². The Morgan fingerprint density at radius 3 is 2.67 bits per heavy atom. The van der Waals surface area contributed by atoms with E-state index in [1.807, 2.05) is 0 Å². The average Bonchev–Trinajstić information content (AvgIpc) is 2.63. The maximum absolute atomic E-state index is 11.6. The topological polar surface area (TPSA) is 87.2 Å². The van der Waals surface area contributed by atoms with Crippen LogP contribution >= 0.6 is 12.2 Å². The Morgan fingerprint density at radius 1 is 1.43 bits per heavy atom. The monoisotopic (exact) mass is 325 g/mol. The number of aryl methyl sites for hydroxylation is 2. The second-order valence-corrected chi connectivity index (χ2v) is 7.06. The van der Waals surface area contributed by atoms with Crippen molar-refractivity contribution in [3.05, 3.63) is 35.5 Å². The van der Waals surface area contributed by atoms with Gasteiger partial charge in [-0.05, 0) is 25.1 Å². The summed E-state index contributed by atoms with van der Waals surface area (Å²) in [4.78, 5) is 0.352. The minimum atomic E-state index is -3.30. The van der Waals surface area contributed by atoms with Crippen LogP contribution in [0.2, 0.25) is 0 Å². The fourth-order valence-electron chi connectivity index (χ4n) is 1.92. The second kappa shape index (κ2) is 5.45. The molecule has 0 aliphatic carbocycles. The molecular weight excluding hydrogens is 310 g/mol. The number of hydrogen-bond acceptors (Lipinski definition) is 5. The van der Waals surface area contributed by atoms with Gasteiger partial charge in [-0.3, -0.25) is 0 Å². The van der Waals surface area contributed by atoms with Crippen molar-refractivity contribution < 1.29 is 13.2 Å². The molecule has 0 spiro atoms. The highest BCUT2D eigenvalue weighted by molar-refractivity contribution is 7.90. The van der Waals surface area contributed by atoms with Crippen molar-refractivity contribution in [2.75, 3.05) is 6.26 Å². The predicted molar refractivity (Wildman–Crippen MR) is 83.5 cm³/mol. The van der Waals surface area contributed by atoms with Gasteiger partial charge in [0.25, 0.3) is 0 Å². The summed E-state index contributed by atoms with van der Waals surface area (Å²) < 4.78 is 30.4. The van der Waals surface area contributed by atoms with Gasteiger partial charge in [-0.15, -0.1) is 0 Å². The molecule has 0 bridgehead atoms. The van der Waals surface area contributed by atoms with Gasteiger partial charge in [-0.1, -0.05) is 18.3 Å². The fraction of sp³-hybridized carbons (Fsp3) is 0.231. The molecule has 0 saturated heterocycles. The highest BCUT2D eigenvalue weighted by Crippen LogP contribution is 2.28. The minimum absolute atomic E-state index is 0.176.